The zero-order valence-corrected chi connectivity index (χ0v) is 27.7. The van der Waals surface area contributed by atoms with Gasteiger partial charge in [0.2, 0.25) is 0 Å². The van der Waals surface area contributed by atoms with Crippen LogP contribution in [-0.2, 0) is 0 Å². The summed E-state index contributed by atoms with van der Waals surface area (Å²) >= 11 is 1.80. The van der Waals surface area contributed by atoms with Crippen LogP contribution in [0.5, 0.6) is 0 Å². The average molecular weight is 657 g/mol. The lowest BCUT2D eigenvalue weighted by molar-refractivity contribution is 1.07. The molecule has 10 rings (SSSR count). The molecule has 10 aromatic rings. The van der Waals surface area contributed by atoms with Crippen molar-refractivity contribution in [2.24, 2.45) is 0 Å². The third kappa shape index (κ3) is 4.79. The van der Waals surface area contributed by atoms with Gasteiger partial charge in [0.25, 0.3) is 0 Å². The van der Waals surface area contributed by atoms with E-state index in [9.17, 15) is 0 Å². The predicted octanol–water partition coefficient (Wildman–Crippen LogP) is 12.0. The van der Waals surface area contributed by atoms with Crippen molar-refractivity contribution in [3.8, 4) is 51.0 Å². The maximum Gasteiger partial charge on any atom is 0.164 e. The molecule has 3 heterocycles. The lowest BCUT2D eigenvalue weighted by Gasteiger charge is -2.12. The van der Waals surface area contributed by atoms with E-state index in [-0.39, 0.29) is 0 Å². The Balaban J connectivity index is 1.15. The maximum atomic E-state index is 5.13. The summed E-state index contributed by atoms with van der Waals surface area (Å²) in [5.74, 6) is 1.94. The fourth-order valence-electron chi connectivity index (χ4n) is 7.06. The molecule has 4 nitrogen and oxygen atoms in total. The van der Waals surface area contributed by atoms with Crippen molar-refractivity contribution in [1.29, 1.82) is 0 Å². The molecule has 5 heteroatoms. The minimum Gasteiger partial charge on any atom is -0.309 e. The first-order valence-corrected chi connectivity index (χ1v) is 17.5. The van der Waals surface area contributed by atoms with Gasteiger partial charge in [0.05, 0.1) is 11.0 Å². The lowest BCUT2D eigenvalue weighted by Crippen LogP contribution is -2.01. The molecule has 3 aromatic heterocycles. The quantitative estimate of drug-likeness (QED) is 0.185. The first-order valence-electron chi connectivity index (χ1n) is 16.7. The number of hydrogen-bond acceptors (Lipinski definition) is 4. The number of thiophene rings is 1. The van der Waals surface area contributed by atoms with Crippen LogP contribution in [0.1, 0.15) is 0 Å². The van der Waals surface area contributed by atoms with Gasteiger partial charge in [-0.05, 0) is 47.5 Å². The Morgan fingerprint density at radius 1 is 0.340 bits per heavy atom. The van der Waals surface area contributed by atoms with E-state index in [4.69, 9.17) is 15.0 Å². The number of nitrogens with zero attached hydrogens (tertiary/aromatic N) is 4. The fourth-order valence-corrected chi connectivity index (χ4v) is 8.20. The van der Waals surface area contributed by atoms with Crippen molar-refractivity contribution in [2.45, 2.75) is 0 Å². The van der Waals surface area contributed by atoms with Gasteiger partial charge >= 0.3 is 0 Å². The molecule has 0 radical (unpaired) electrons. The van der Waals surface area contributed by atoms with Gasteiger partial charge in [-0.15, -0.1) is 11.3 Å². The fraction of sp³-hybridized carbons (Fsp3) is 0. The van der Waals surface area contributed by atoms with Gasteiger partial charge in [-0.25, -0.2) is 15.0 Å². The van der Waals surface area contributed by atoms with Crippen LogP contribution in [0, 0.1) is 0 Å². The first-order chi connectivity index (χ1) is 24.8. The summed E-state index contributed by atoms with van der Waals surface area (Å²) in [4.78, 5) is 15.2. The van der Waals surface area contributed by atoms with Crippen molar-refractivity contribution in [1.82, 2.24) is 19.5 Å². The Kier molecular flexibility index (Phi) is 6.64. The summed E-state index contributed by atoms with van der Waals surface area (Å²) in [7, 11) is 0. The van der Waals surface area contributed by atoms with Gasteiger partial charge in [0.1, 0.15) is 0 Å². The Morgan fingerprint density at radius 3 is 1.70 bits per heavy atom. The molecule has 234 valence electrons. The molecule has 0 fully saturated rings. The van der Waals surface area contributed by atoms with Crippen LogP contribution >= 0.6 is 11.3 Å². The maximum absolute atomic E-state index is 5.13. The number of para-hydroxylation sites is 1. The third-order valence-corrected chi connectivity index (χ3v) is 10.6. The van der Waals surface area contributed by atoms with Crippen LogP contribution in [0.25, 0.3) is 93.0 Å². The first kappa shape index (κ1) is 28.6. The van der Waals surface area contributed by atoms with Gasteiger partial charge in [0.15, 0.2) is 17.5 Å². The second-order valence-corrected chi connectivity index (χ2v) is 13.6. The molecular formula is C45H28N4S. The van der Waals surface area contributed by atoms with Gasteiger partial charge in [-0.2, -0.15) is 0 Å². The number of aromatic nitrogens is 4. The molecule has 0 aliphatic carbocycles. The molecule has 0 saturated heterocycles. The highest BCUT2D eigenvalue weighted by Crippen LogP contribution is 2.38. The molecule has 0 unspecified atom stereocenters. The largest absolute Gasteiger partial charge is 0.309 e. The summed E-state index contributed by atoms with van der Waals surface area (Å²) in [6.07, 6.45) is 0. The zero-order valence-electron chi connectivity index (χ0n) is 26.9. The highest BCUT2D eigenvalue weighted by molar-refractivity contribution is 7.25. The molecule has 0 amide bonds. The second kappa shape index (κ2) is 11.6. The van der Waals surface area contributed by atoms with Gasteiger partial charge < -0.3 is 4.57 Å². The Hall–Kier alpha value is -6.43. The van der Waals surface area contributed by atoms with Crippen molar-refractivity contribution in [2.75, 3.05) is 0 Å². The van der Waals surface area contributed by atoms with Gasteiger partial charge in [0, 0.05) is 53.3 Å². The van der Waals surface area contributed by atoms with E-state index < -0.39 is 0 Å². The van der Waals surface area contributed by atoms with E-state index in [0.717, 1.165) is 33.4 Å². The second-order valence-electron chi connectivity index (χ2n) is 12.5. The summed E-state index contributed by atoms with van der Waals surface area (Å²) in [5.41, 5.74) is 8.59. The SMILES string of the molecule is c1ccc(-c2ccc3c4ccccc4n(-c4cccc(-c5nc(-c6ccccc6)nc(-c6ccc7c(c6)sc6ccccc67)n5)c4)c3c2)cc1. The molecular weight excluding hydrogens is 629 g/mol. The van der Waals surface area contributed by atoms with Crippen molar-refractivity contribution >= 4 is 53.3 Å². The van der Waals surface area contributed by atoms with Crippen LogP contribution in [0.2, 0.25) is 0 Å². The van der Waals surface area contributed by atoms with E-state index in [1.54, 1.807) is 11.3 Å². The molecule has 0 atom stereocenters. The molecule has 7 aromatic carbocycles. The molecule has 50 heavy (non-hydrogen) atoms. The van der Waals surface area contributed by atoms with Crippen molar-refractivity contribution in [3.05, 3.63) is 170 Å². The highest BCUT2D eigenvalue weighted by atomic mass is 32.1. The third-order valence-electron chi connectivity index (χ3n) is 9.45. The summed E-state index contributed by atoms with van der Waals surface area (Å²) in [5, 5.41) is 4.97. The Bertz CT molecular complexity index is 2870. The standard InChI is InChI=1S/C45H28N4S/c1-3-12-29(13-4-1)31-22-24-36-35-18-7-9-20-39(35)49(40(36)27-31)34-17-11-16-32(26-34)44-46-43(30-14-5-2-6-15-30)47-45(48-44)33-23-25-38-37-19-8-10-21-41(37)50-42(38)28-33/h1-28H. The Labute approximate surface area is 292 Å². The molecule has 0 aliphatic rings. The van der Waals surface area contributed by atoms with E-state index in [1.165, 1.54) is 42.1 Å². The van der Waals surface area contributed by atoms with Gasteiger partial charge in [-0.1, -0.05) is 133 Å². The molecule has 0 saturated carbocycles. The van der Waals surface area contributed by atoms with Crippen molar-refractivity contribution < 1.29 is 0 Å². The monoisotopic (exact) mass is 656 g/mol. The van der Waals surface area contributed by atoms with E-state index in [0.29, 0.717) is 17.5 Å². The van der Waals surface area contributed by atoms with Crippen LogP contribution < -0.4 is 0 Å². The smallest absolute Gasteiger partial charge is 0.164 e. The number of fused-ring (bicyclic) bond motifs is 6. The van der Waals surface area contributed by atoms with Crippen LogP contribution in [0.4, 0.5) is 0 Å². The Morgan fingerprint density at radius 2 is 0.900 bits per heavy atom. The summed E-state index contributed by atoms with van der Waals surface area (Å²) in [6, 6.07) is 59.8. The highest BCUT2D eigenvalue weighted by Gasteiger charge is 2.17. The minimum atomic E-state index is 0.637. The number of benzene rings is 7. The van der Waals surface area contributed by atoms with Crippen LogP contribution in [-0.4, -0.2) is 19.5 Å². The zero-order chi connectivity index (χ0) is 33.0. The number of hydrogen-bond donors (Lipinski definition) is 0. The van der Waals surface area contributed by atoms with E-state index in [1.807, 2.05) is 18.2 Å². The van der Waals surface area contributed by atoms with Crippen LogP contribution in [0.3, 0.4) is 0 Å². The lowest BCUT2D eigenvalue weighted by atomic mass is 10.0. The summed E-state index contributed by atoms with van der Waals surface area (Å²) in [6.45, 7) is 0. The number of rotatable bonds is 5. The van der Waals surface area contributed by atoms with Crippen LogP contribution in [0.15, 0.2) is 170 Å². The molecule has 0 spiro atoms. The van der Waals surface area contributed by atoms with E-state index in [2.05, 4.69) is 156 Å². The topological polar surface area (TPSA) is 43.6 Å². The minimum absolute atomic E-state index is 0.637. The summed E-state index contributed by atoms with van der Waals surface area (Å²) < 4.78 is 4.85. The normalized spacial score (nSPS) is 11.6. The molecule has 0 N–H and O–H groups in total. The molecule has 0 bridgehead atoms. The average Bonchev–Trinajstić information content (AvgIpc) is 3.73. The predicted molar refractivity (Wildman–Crippen MR) is 209 cm³/mol. The van der Waals surface area contributed by atoms with Crippen molar-refractivity contribution in [3.63, 3.8) is 0 Å². The van der Waals surface area contributed by atoms with Gasteiger partial charge in [-0.3, -0.25) is 0 Å². The van der Waals surface area contributed by atoms with E-state index >= 15 is 0 Å². The molecule has 0 aliphatic heterocycles.